The molecule has 0 aromatic rings. The lowest BCUT2D eigenvalue weighted by Crippen LogP contribution is -2.72. The molecule has 2 saturated heterocycles. The van der Waals surface area contributed by atoms with E-state index in [4.69, 9.17) is 165 Å². The summed E-state index contributed by atoms with van der Waals surface area (Å²) >= 11 is 0. The summed E-state index contributed by atoms with van der Waals surface area (Å²) in [6.07, 6.45) is -33.7. The monoisotopic (exact) mass is 1670 g/mol. The molecule has 111 heavy (non-hydrogen) atoms. The van der Waals surface area contributed by atoms with E-state index in [1.54, 1.807) is 0 Å². The number of phosphoric ester groups is 1. The van der Waals surface area contributed by atoms with Crippen LogP contribution in [0.1, 0.15) is 247 Å². The molecule has 1 unspecified atom stereocenters. The largest absolute Gasteiger partial charge is 0.475 e. The highest BCUT2D eigenvalue weighted by molar-refractivity contribution is 7.48. The van der Waals surface area contributed by atoms with Crippen molar-refractivity contribution >= 4 is 37.5 Å². The zero-order valence-corrected chi connectivity index (χ0v) is 63.6. The topological polar surface area (TPSA) is 342 Å². The van der Waals surface area contributed by atoms with E-state index in [-0.39, 0.29) is 12.8 Å². The molecule has 33 heteroatoms. The average molecular weight is 1670 g/mol. The first kappa shape index (κ1) is 49.1. The van der Waals surface area contributed by atoms with Crippen molar-refractivity contribution in [3.8, 4) is 0 Å². The predicted octanol–water partition coefficient (Wildman–Crippen LogP) is 8.73. The van der Waals surface area contributed by atoms with Gasteiger partial charge in [-0.15, -0.1) is 0 Å². The number of hydrogen-bond donors (Lipinski definition) is 2. The Morgan fingerprint density at radius 2 is 1.04 bits per heavy atom. The molecule has 0 radical (unpaired) electrons. The number of unbranched alkanes of at least 4 members (excludes halogenated alkanes) is 21. The molecule has 21 atom stereocenters. The van der Waals surface area contributed by atoms with Crippen molar-refractivity contribution in [2.24, 2.45) is 0 Å². The first-order valence-corrected chi connectivity index (χ1v) is 37.9. The Hall–Kier alpha value is -3.52. The smallest absolute Gasteiger partial charge is 0.465 e. The highest BCUT2D eigenvalue weighted by Gasteiger charge is 2.64. The molecule has 0 spiro atoms. The van der Waals surface area contributed by atoms with Gasteiger partial charge in [0.15, 0.2) is 0 Å². The third-order valence-electron chi connectivity index (χ3n) is 19.1. The first-order chi connectivity index (χ1) is 72.0. The van der Waals surface area contributed by atoms with E-state index >= 15 is 18.9 Å². The van der Waals surface area contributed by atoms with E-state index in [0.29, 0.717) is 32.8 Å². The minimum Gasteiger partial charge on any atom is -0.465 e. The molecular formula is C78H144N3O29P. The molecular weight excluding hydrogens is 1470 g/mol. The Kier molecular flexibility index (Phi) is 25.1. The maximum atomic E-state index is 16.4. The zero-order valence-electron chi connectivity index (χ0n) is 111. The summed E-state index contributed by atoms with van der Waals surface area (Å²) in [5.74, 6) is -20.1. The maximum Gasteiger partial charge on any atom is 0.475 e. The molecule has 3 fully saturated rings. The molecule has 2 heterocycles. The van der Waals surface area contributed by atoms with Crippen LogP contribution < -0.4 is 10.6 Å². The van der Waals surface area contributed by atoms with Crippen molar-refractivity contribution in [1.82, 2.24) is 15.5 Å². The second-order valence-electron chi connectivity index (χ2n) is 26.6. The van der Waals surface area contributed by atoms with Gasteiger partial charge >= 0.3 is 19.8 Å². The van der Waals surface area contributed by atoms with Crippen molar-refractivity contribution in [3.05, 3.63) is 12.2 Å². The molecule has 3 aliphatic rings. The first-order valence-electron chi connectivity index (χ1n) is 60.4. The summed E-state index contributed by atoms with van der Waals surface area (Å²) in [6, 6.07) is -8.55. The lowest BCUT2D eigenvalue weighted by molar-refractivity contribution is -0.357. The quantitative estimate of drug-likeness (QED) is 0.0249. The summed E-state index contributed by atoms with van der Waals surface area (Å²) in [5.41, 5.74) is 0. The fourth-order valence-electron chi connectivity index (χ4n) is 13.3. The second-order valence-corrected chi connectivity index (χ2v) is 28.1. The van der Waals surface area contributed by atoms with Gasteiger partial charge in [-0.05, 0) is 19.3 Å². The normalized spacial score (nSPS) is 35.4. The molecule has 3 rings (SSSR count). The molecule has 0 aromatic heterocycles. The van der Waals surface area contributed by atoms with Crippen LogP contribution in [0.3, 0.4) is 0 Å². The lowest BCUT2D eigenvalue weighted by Gasteiger charge is -2.53. The van der Waals surface area contributed by atoms with Gasteiger partial charge in [0.2, 0.25) is 17.7 Å². The number of methoxy groups -OCH3 is 16. The third-order valence-corrected chi connectivity index (χ3v) is 20.3. The van der Waals surface area contributed by atoms with Gasteiger partial charge < -0.3 is 110 Å². The number of likely N-dealkylation sites (N-methyl/N-ethyl adjacent to an activating group) is 1. The van der Waals surface area contributed by atoms with Gasteiger partial charge in [-0.2, -0.15) is 0 Å². The van der Waals surface area contributed by atoms with Crippen LogP contribution in [-0.4, -0.2) is 316 Å². The maximum absolute atomic E-state index is 16.4. The minimum absolute atomic E-state index is 0.117. The summed E-state index contributed by atoms with van der Waals surface area (Å²) < 4.78 is 543. The third kappa shape index (κ3) is 31.4. The predicted molar refractivity (Wildman–Crippen MR) is 411 cm³/mol. The van der Waals surface area contributed by atoms with Gasteiger partial charge in [-0.1, -0.05) is 154 Å². The van der Waals surface area contributed by atoms with E-state index in [2.05, 4.69) is 21.7 Å². The number of carbonyl (C=O) groups is 5. The van der Waals surface area contributed by atoms with Crippen LogP contribution in [0, 0.1) is 0 Å². The second kappa shape index (κ2) is 56.8. The molecule has 650 valence electrons. The molecule has 1 aliphatic carbocycles. The standard InChI is InChI=1S/C78H144N3O29P/c1-21-23-25-27-29-31-33-34-36-38-40-42-44-46-60(82)79-54(55(91-7)45-43-41-39-37-35-32-30-28-26-24-22-2)49-106-111(87,104-20)110-74-71(100-16)69(98-14)70(99-15)73(72(74)101-17)109-78(76(86)103-19)47-56(92-8)63(67(107-78)65(96-12)58(94-10)50-88-4)80-61(83)52-105-77(75(85)102-18)48-57(93-9)64(81(3)62(84)53-90-6)68(108-77)66(97-13)59(95-11)51-89-5/h43,45,54-59,63-74H,21-42,44,46-53H2,1-20H3,(H,79,82)(H,80,83)/b45-43+/t54-,55+,56-,57-,58+,59+,63+,64+,65+,66+,67+,68+,69-,70-,71+,72+,73+,74-,77+,78-,111?/m0/s1/i3D3,6D3,7D3,8D3,9D3,10D3,11D3,12D3,13D3,14D3,15D3,16D3,17D3,18D3,19D3,20D3. The Balaban J connectivity index is 2.92. The molecule has 0 aromatic carbocycles. The minimum atomic E-state index is -6.95. The SMILES string of the molecule is [2H]C([2H])([2H])OCC(=O)N([C@H]1[C@H]([C@H](OC([2H])([2H])[2H])[C@@H](COC)OC([2H])([2H])[2H])O[C@@](OCC(=O)N[C@H]2[C@H]([C@H](OC([2H])([2H])[2H])[C@@H](COC)OC([2H])([2H])[2H])O[C@@](O[C@H]3[C@@H](OC([2H])([2H])[2H])[C@@H](OP(=O)(OC[C@H](NC(=O)CCCCCCCCCCCCCCC)[C@@H](/C=C/CCCCCCCCCCC)OC([2H])([2H])[2H])OC([2H])([2H])[2H])[C@H](OC([2H])([2H])[2H])[C@@H](OC([2H])([2H])[2H])[C@@H]3OC([2H])([2H])[2H])(C(=O)OC([2H])([2H])[2H])C[C@@H]2OC([2H])([2H])[2H])(C(=O)OC([2H])([2H])[2H])C[C@@H]1OC([2H])([2H])[2H])C([2H])([2H])[2H]. The Morgan fingerprint density at radius 1 is 0.523 bits per heavy atom. The number of esters is 2. The van der Waals surface area contributed by atoms with Gasteiger partial charge in [0.25, 0.3) is 11.6 Å². The number of allylic oxidation sites excluding steroid dienone is 1. The fraction of sp³-hybridized carbons (Fsp3) is 0.910. The van der Waals surface area contributed by atoms with Crippen LogP contribution in [0.15, 0.2) is 12.2 Å². The number of rotatable bonds is 63. The molecule has 0 bridgehead atoms. The van der Waals surface area contributed by atoms with E-state index in [1.165, 1.54) is 6.08 Å². The van der Waals surface area contributed by atoms with Gasteiger partial charge in [-0.3, -0.25) is 28.0 Å². The Bertz CT molecular complexity index is 4360. The van der Waals surface area contributed by atoms with Gasteiger partial charge in [0.1, 0.15) is 86.5 Å². The van der Waals surface area contributed by atoms with Crippen LogP contribution in [0.4, 0.5) is 0 Å². The van der Waals surface area contributed by atoms with Crippen LogP contribution in [0.5, 0.6) is 0 Å². The fourth-order valence-corrected chi connectivity index (χ4v) is 14.4. The number of nitrogens with one attached hydrogen (secondary N) is 2. The number of carbonyl (C=O) groups excluding carboxylic acids is 5. The van der Waals surface area contributed by atoms with Crippen molar-refractivity contribution in [3.63, 3.8) is 0 Å². The van der Waals surface area contributed by atoms with E-state index in [1.807, 2.05) is 12.2 Å². The van der Waals surface area contributed by atoms with Crippen LogP contribution in [0.2, 0.25) is 0 Å². The van der Waals surface area contributed by atoms with Crippen molar-refractivity contribution in [1.29, 1.82) is 0 Å². The highest BCUT2D eigenvalue weighted by Crippen LogP contribution is 2.53. The van der Waals surface area contributed by atoms with Crippen molar-refractivity contribution in [2.45, 2.75) is 302 Å². The molecule has 2 aliphatic heterocycles. The van der Waals surface area contributed by atoms with Crippen LogP contribution >= 0.6 is 7.82 Å². The summed E-state index contributed by atoms with van der Waals surface area (Å²) in [7, 11) is -68.2. The van der Waals surface area contributed by atoms with Gasteiger partial charge in [0, 0.05) is 136 Å². The number of nitrogens with zero attached hydrogens (tertiary/aromatic N) is 1. The summed E-state index contributed by atoms with van der Waals surface area (Å²) in [4.78, 5) is 75.7. The molecule has 1 saturated carbocycles. The highest BCUT2D eigenvalue weighted by atomic mass is 31.2. The number of hydrogen-bond acceptors (Lipinski definition) is 29. The number of phosphoric acid groups is 1. The number of ether oxygens (including phenoxy) is 20. The zero-order chi connectivity index (χ0) is 122. The van der Waals surface area contributed by atoms with Gasteiger partial charge in [0.05, 0.1) is 132 Å². The Labute approximate surface area is 729 Å². The Morgan fingerprint density at radius 3 is 1.58 bits per heavy atom. The summed E-state index contributed by atoms with van der Waals surface area (Å²) in [5, 5.41) is 4.32. The van der Waals surface area contributed by atoms with E-state index in [9.17, 15) is 9.59 Å². The van der Waals surface area contributed by atoms with Gasteiger partial charge in [-0.25, -0.2) is 14.2 Å². The van der Waals surface area contributed by atoms with Crippen molar-refractivity contribution in [2.75, 3.05) is 160 Å². The number of amides is 3. The molecule has 32 nitrogen and oxygen atoms in total. The molecule has 3 amide bonds. The van der Waals surface area contributed by atoms with Crippen molar-refractivity contribution < 1.29 is 203 Å². The average Bonchev–Trinajstić information content (AvgIpc) is 0.726. The summed E-state index contributed by atoms with van der Waals surface area (Å²) in [6.45, 7) is -9.01. The van der Waals surface area contributed by atoms with E-state index in [0.717, 1.165) is 122 Å². The van der Waals surface area contributed by atoms with Crippen LogP contribution in [-0.2, 0) is 137 Å². The molecule has 2 N–H and O–H groups in total. The van der Waals surface area contributed by atoms with E-state index < -0.39 is 328 Å². The lowest BCUT2D eigenvalue weighted by atomic mass is 9.83. The van der Waals surface area contributed by atoms with Crippen LogP contribution in [0.25, 0.3) is 0 Å².